The van der Waals surface area contributed by atoms with Gasteiger partial charge in [-0.25, -0.2) is 0 Å². The van der Waals surface area contributed by atoms with Gasteiger partial charge in [-0.3, -0.25) is 0 Å². The number of benzene rings is 4. The third-order valence-corrected chi connectivity index (χ3v) is 13.0. The molecule has 1 unspecified atom stereocenters. The Kier molecular flexibility index (Phi) is 11.3. The Balaban J connectivity index is 1.59. The highest BCUT2D eigenvalue weighted by Crippen LogP contribution is 2.37. The molecule has 4 aromatic rings. The van der Waals surface area contributed by atoms with Crippen LogP contribution in [0.4, 0.5) is 0 Å². The van der Waals surface area contributed by atoms with Crippen molar-refractivity contribution < 1.29 is 19.7 Å². The van der Waals surface area contributed by atoms with Gasteiger partial charge in [-0.05, 0) is 68.2 Å². The fourth-order valence-corrected chi connectivity index (χ4v) is 10.4. The van der Waals surface area contributed by atoms with Crippen molar-refractivity contribution in [2.24, 2.45) is 0 Å². The zero-order valence-corrected chi connectivity index (χ0v) is 27.0. The van der Waals surface area contributed by atoms with E-state index in [0.717, 1.165) is 16.7 Å². The molecule has 0 fully saturated rings. The van der Waals surface area contributed by atoms with E-state index in [1.54, 1.807) is 18.2 Å². The summed E-state index contributed by atoms with van der Waals surface area (Å²) in [6.45, 7) is 11.0. The molecule has 1 atom stereocenters. The van der Waals surface area contributed by atoms with E-state index in [2.05, 4.69) is 75.9 Å². The smallest absolute Gasteiger partial charge is 0.261 e. The summed E-state index contributed by atoms with van der Waals surface area (Å²) < 4.78 is 7.06. The molecule has 0 bridgehead atoms. The van der Waals surface area contributed by atoms with Crippen molar-refractivity contribution in [1.29, 1.82) is 0 Å². The van der Waals surface area contributed by atoms with Crippen LogP contribution in [0.2, 0.25) is 5.04 Å². The van der Waals surface area contributed by atoms with E-state index in [1.165, 1.54) is 10.4 Å². The normalized spacial score (nSPS) is 13.5. The molecule has 4 nitrogen and oxygen atoms in total. The molecule has 0 aliphatic carbocycles. The summed E-state index contributed by atoms with van der Waals surface area (Å²) in [6.07, 6.45) is 3.82. The Morgan fingerprint density at radius 3 is 1.93 bits per heavy atom. The highest BCUT2D eigenvalue weighted by Gasteiger charge is 2.50. The number of aromatic hydroxyl groups is 1. The standard InChI is InChI=1S/C39H44O4Si/c1-30(29-43-44(39(2,3)4,35-19-10-6-11-20-35)36-21-12-7-13-22-36)37(25-26-40)38(42)24-23-33(32-16-8-5-9-17-32)27-31-15-14-18-34(41)28-31/h5-22,25,27-28,38,40-42H,1,23-24,26,29H2,2-4H3/b33-27-,37-25-. The highest BCUT2D eigenvalue weighted by atomic mass is 28.4. The number of phenolic OH excluding ortho intramolecular Hbond substituents is 1. The molecular formula is C39H44O4Si. The lowest BCUT2D eigenvalue weighted by Crippen LogP contribution is -2.66. The Bertz CT molecular complexity index is 1510. The summed E-state index contributed by atoms with van der Waals surface area (Å²) in [5, 5.41) is 33.6. The third kappa shape index (κ3) is 7.93. The largest absolute Gasteiger partial charge is 0.508 e. The summed E-state index contributed by atoms with van der Waals surface area (Å²) in [5.74, 6) is 0.205. The molecule has 44 heavy (non-hydrogen) atoms. The van der Waals surface area contributed by atoms with Crippen LogP contribution in [-0.2, 0) is 4.43 Å². The molecule has 0 aromatic heterocycles. The van der Waals surface area contributed by atoms with E-state index < -0.39 is 14.4 Å². The number of hydrogen-bond donors (Lipinski definition) is 3. The Hall–Kier alpha value is -4.00. The van der Waals surface area contributed by atoms with Gasteiger partial charge >= 0.3 is 0 Å². The van der Waals surface area contributed by atoms with Crippen molar-refractivity contribution >= 4 is 30.3 Å². The number of aliphatic hydroxyl groups excluding tert-OH is 2. The van der Waals surface area contributed by atoms with Gasteiger partial charge in [-0.1, -0.05) is 143 Å². The topological polar surface area (TPSA) is 69.9 Å². The van der Waals surface area contributed by atoms with Crippen LogP contribution in [0.1, 0.15) is 44.7 Å². The minimum atomic E-state index is -2.81. The first kappa shape index (κ1) is 32.9. The predicted octanol–water partition coefficient (Wildman–Crippen LogP) is 7.13. The van der Waals surface area contributed by atoms with E-state index in [4.69, 9.17) is 4.43 Å². The minimum Gasteiger partial charge on any atom is -0.508 e. The van der Waals surface area contributed by atoms with Crippen molar-refractivity contribution in [3.05, 3.63) is 150 Å². The van der Waals surface area contributed by atoms with Gasteiger partial charge in [0, 0.05) is 0 Å². The SMILES string of the molecule is C=C(CO[Si](c1ccccc1)(c1ccccc1)C(C)(C)C)/C(=C/CO)C(O)CC/C(=C/c1cccc(O)c1)c1ccccc1. The van der Waals surface area contributed by atoms with Gasteiger partial charge in [0.2, 0.25) is 0 Å². The van der Waals surface area contributed by atoms with Gasteiger partial charge in [0.05, 0.1) is 19.3 Å². The van der Waals surface area contributed by atoms with Crippen LogP contribution in [0.5, 0.6) is 5.75 Å². The maximum atomic E-state index is 11.5. The Labute approximate surface area is 263 Å². The van der Waals surface area contributed by atoms with Gasteiger partial charge in [-0.2, -0.15) is 0 Å². The summed E-state index contributed by atoms with van der Waals surface area (Å²) in [5.41, 5.74) is 4.21. The summed E-state index contributed by atoms with van der Waals surface area (Å²) in [6, 6.07) is 38.0. The van der Waals surface area contributed by atoms with Crippen LogP contribution in [0.3, 0.4) is 0 Å². The second-order valence-corrected chi connectivity index (χ2v) is 16.4. The van der Waals surface area contributed by atoms with Crippen LogP contribution in [0.15, 0.2) is 139 Å². The van der Waals surface area contributed by atoms with Crippen LogP contribution in [-0.4, -0.2) is 43.0 Å². The van der Waals surface area contributed by atoms with E-state index in [9.17, 15) is 15.3 Å². The lowest BCUT2D eigenvalue weighted by Gasteiger charge is -2.43. The lowest BCUT2D eigenvalue weighted by molar-refractivity contribution is 0.199. The molecule has 5 heteroatoms. The molecular weight excluding hydrogens is 561 g/mol. The molecule has 0 saturated heterocycles. The third-order valence-electron chi connectivity index (χ3n) is 8.00. The molecule has 0 aliphatic rings. The molecule has 0 heterocycles. The molecule has 0 spiro atoms. The van der Waals surface area contributed by atoms with Crippen LogP contribution < -0.4 is 10.4 Å². The molecule has 0 aliphatic heterocycles. The molecule has 3 N–H and O–H groups in total. The predicted molar refractivity (Wildman–Crippen MR) is 186 cm³/mol. The van der Waals surface area contributed by atoms with Crippen molar-refractivity contribution in [2.75, 3.05) is 13.2 Å². The average molecular weight is 605 g/mol. The van der Waals surface area contributed by atoms with Gasteiger partial charge in [-0.15, -0.1) is 0 Å². The first-order valence-electron chi connectivity index (χ1n) is 15.1. The Morgan fingerprint density at radius 2 is 1.41 bits per heavy atom. The zero-order valence-electron chi connectivity index (χ0n) is 26.0. The minimum absolute atomic E-state index is 0.198. The fourth-order valence-electron chi connectivity index (χ4n) is 5.87. The van der Waals surface area contributed by atoms with E-state index >= 15 is 0 Å². The van der Waals surface area contributed by atoms with Crippen LogP contribution in [0, 0.1) is 0 Å². The number of allylic oxidation sites excluding steroid dienone is 1. The number of aliphatic hydroxyl groups is 2. The summed E-state index contributed by atoms with van der Waals surface area (Å²) >= 11 is 0. The van der Waals surface area contributed by atoms with E-state index in [1.807, 2.05) is 60.7 Å². The van der Waals surface area contributed by atoms with Gasteiger partial charge in [0.25, 0.3) is 8.32 Å². The van der Waals surface area contributed by atoms with Crippen molar-refractivity contribution in [2.45, 2.75) is 44.8 Å². The molecule has 0 radical (unpaired) electrons. The number of hydrogen-bond acceptors (Lipinski definition) is 4. The number of rotatable bonds is 13. The summed E-state index contributed by atoms with van der Waals surface area (Å²) in [7, 11) is -2.81. The number of phenols is 1. The maximum absolute atomic E-state index is 11.5. The lowest BCUT2D eigenvalue weighted by atomic mass is 9.93. The van der Waals surface area contributed by atoms with Crippen molar-refractivity contribution in [1.82, 2.24) is 0 Å². The zero-order chi connectivity index (χ0) is 31.6. The first-order valence-corrected chi connectivity index (χ1v) is 17.0. The van der Waals surface area contributed by atoms with Crippen LogP contribution in [0.25, 0.3) is 11.6 Å². The molecule has 4 rings (SSSR count). The maximum Gasteiger partial charge on any atom is 0.261 e. The second kappa shape index (κ2) is 15.1. The van der Waals surface area contributed by atoms with Gasteiger partial charge < -0.3 is 19.7 Å². The van der Waals surface area contributed by atoms with Crippen LogP contribution >= 0.6 is 0 Å². The highest BCUT2D eigenvalue weighted by molar-refractivity contribution is 6.99. The summed E-state index contributed by atoms with van der Waals surface area (Å²) in [4.78, 5) is 0. The quantitative estimate of drug-likeness (QED) is 0.0863. The Morgan fingerprint density at radius 1 is 0.841 bits per heavy atom. The van der Waals surface area contributed by atoms with Gasteiger partial charge in [0.1, 0.15) is 5.75 Å². The van der Waals surface area contributed by atoms with Crippen molar-refractivity contribution in [3.8, 4) is 5.75 Å². The van der Waals surface area contributed by atoms with E-state index in [0.29, 0.717) is 24.0 Å². The van der Waals surface area contributed by atoms with Gasteiger partial charge in [0.15, 0.2) is 0 Å². The first-order chi connectivity index (χ1) is 21.2. The molecule has 0 saturated carbocycles. The van der Waals surface area contributed by atoms with E-state index in [-0.39, 0.29) is 24.0 Å². The molecule has 228 valence electrons. The monoisotopic (exact) mass is 604 g/mol. The molecule has 0 amide bonds. The second-order valence-electron chi connectivity index (χ2n) is 12.1. The average Bonchev–Trinajstić information content (AvgIpc) is 3.02. The fraction of sp³-hybridized carbons (Fsp3) is 0.231. The molecule has 4 aromatic carbocycles. The van der Waals surface area contributed by atoms with Crippen molar-refractivity contribution in [3.63, 3.8) is 0 Å².